The van der Waals surface area contributed by atoms with Gasteiger partial charge in [-0.25, -0.2) is 4.98 Å². The number of hydrogen-bond acceptors (Lipinski definition) is 3. The Bertz CT molecular complexity index is 761. The van der Waals surface area contributed by atoms with Gasteiger partial charge in [-0.1, -0.05) is 13.3 Å². The van der Waals surface area contributed by atoms with Crippen LogP contribution in [0, 0.1) is 12.8 Å². The summed E-state index contributed by atoms with van der Waals surface area (Å²) in [5.74, 6) is 1.90. The molecular formula is C16H17N3S. The number of aromatic nitrogens is 3. The van der Waals surface area contributed by atoms with Crippen LogP contribution >= 0.6 is 11.3 Å². The highest BCUT2D eigenvalue weighted by molar-refractivity contribution is 7.14. The summed E-state index contributed by atoms with van der Waals surface area (Å²) in [4.78, 5) is 10.3. The lowest BCUT2D eigenvalue weighted by molar-refractivity contribution is 0.544. The first-order chi connectivity index (χ1) is 9.76. The Kier molecular flexibility index (Phi) is 2.67. The van der Waals surface area contributed by atoms with Crippen LogP contribution in [0.1, 0.15) is 29.6 Å². The number of fused-ring (bicyclic) bond motifs is 2. The summed E-state index contributed by atoms with van der Waals surface area (Å²) in [6.07, 6.45) is 7.47. The summed E-state index contributed by atoms with van der Waals surface area (Å²) in [6.45, 7) is 4.36. The number of thiophene rings is 1. The topological polar surface area (TPSA) is 30.7 Å². The van der Waals surface area contributed by atoms with Crippen molar-refractivity contribution in [3.05, 3.63) is 40.8 Å². The summed E-state index contributed by atoms with van der Waals surface area (Å²) in [7, 11) is 0. The molecule has 1 aliphatic rings. The fraction of sp³-hybridized carbons (Fsp3) is 0.375. The molecule has 3 heterocycles. The number of pyridine rings is 1. The normalized spacial score (nSPS) is 17.8. The SMILES string of the molecule is CCC1Cc2cc(-n3c(C)nc4cnccc43)sc2C1. The molecule has 4 heteroatoms. The molecule has 1 atom stereocenters. The van der Waals surface area contributed by atoms with Crippen molar-refractivity contribution in [3.8, 4) is 5.00 Å². The number of nitrogens with zero attached hydrogens (tertiary/aromatic N) is 3. The van der Waals surface area contributed by atoms with Gasteiger partial charge in [0.1, 0.15) is 16.3 Å². The molecule has 102 valence electrons. The smallest absolute Gasteiger partial charge is 0.112 e. The summed E-state index contributed by atoms with van der Waals surface area (Å²) in [5, 5.41) is 1.30. The Balaban J connectivity index is 1.83. The third kappa shape index (κ3) is 1.71. The molecule has 20 heavy (non-hydrogen) atoms. The maximum atomic E-state index is 4.61. The number of hydrogen-bond donors (Lipinski definition) is 0. The average molecular weight is 283 g/mol. The highest BCUT2D eigenvalue weighted by Gasteiger charge is 2.24. The van der Waals surface area contributed by atoms with Crippen LogP contribution in [-0.4, -0.2) is 14.5 Å². The lowest BCUT2D eigenvalue weighted by atomic mass is 10.0. The first-order valence-electron chi connectivity index (χ1n) is 7.17. The van der Waals surface area contributed by atoms with Crippen LogP contribution < -0.4 is 0 Å². The predicted octanol–water partition coefficient (Wildman–Crippen LogP) is 3.92. The van der Waals surface area contributed by atoms with Gasteiger partial charge < -0.3 is 0 Å². The molecule has 0 aliphatic heterocycles. The highest BCUT2D eigenvalue weighted by Crippen LogP contribution is 2.38. The molecule has 0 aromatic carbocycles. The molecule has 0 N–H and O–H groups in total. The first kappa shape index (κ1) is 12.1. The minimum atomic E-state index is 0.857. The molecule has 0 radical (unpaired) electrons. The van der Waals surface area contributed by atoms with Crippen molar-refractivity contribution in [2.75, 3.05) is 0 Å². The lowest BCUT2D eigenvalue weighted by Crippen LogP contribution is -1.98. The van der Waals surface area contributed by atoms with E-state index >= 15 is 0 Å². The van der Waals surface area contributed by atoms with Crippen LogP contribution in [0.3, 0.4) is 0 Å². The van der Waals surface area contributed by atoms with Crippen molar-refractivity contribution in [1.29, 1.82) is 0 Å². The Morgan fingerprint density at radius 1 is 1.40 bits per heavy atom. The summed E-state index contributed by atoms with van der Waals surface area (Å²) in [5.41, 5.74) is 3.68. The van der Waals surface area contributed by atoms with Gasteiger partial charge in [0.2, 0.25) is 0 Å². The van der Waals surface area contributed by atoms with Crippen molar-refractivity contribution in [1.82, 2.24) is 14.5 Å². The Morgan fingerprint density at radius 2 is 2.30 bits per heavy atom. The molecule has 0 spiro atoms. The molecule has 3 aromatic heterocycles. The maximum absolute atomic E-state index is 4.61. The molecule has 0 saturated heterocycles. The van der Waals surface area contributed by atoms with Crippen molar-refractivity contribution in [2.45, 2.75) is 33.1 Å². The monoisotopic (exact) mass is 283 g/mol. The Labute approximate surface area is 122 Å². The van der Waals surface area contributed by atoms with E-state index in [0.717, 1.165) is 22.8 Å². The van der Waals surface area contributed by atoms with E-state index in [1.807, 2.05) is 23.7 Å². The highest BCUT2D eigenvalue weighted by atomic mass is 32.1. The van der Waals surface area contributed by atoms with Crippen molar-refractivity contribution < 1.29 is 0 Å². The third-order valence-corrected chi connectivity index (χ3v) is 5.47. The van der Waals surface area contributed by atoms with Gasteiger partial charge in [0.25, 0.3) is 0 Å². The summed E-state index contributed by atoms with van der Waals surface area (Å²) in [6, 6.07) is 4.42. The zero-order valence-electron chi connectivity index (χ0n) is 11.8. The minimum absolute atomic E-state index is 0.857. The van der Waals surface area contributed by atoms with E-state index in [0.29, 0.717) is 0 Å². The molecule has 4 rings (SSSR count). The molecule has 1 unspecified atom stereocenters. The molecule has 0 amide bonds. The fourth-order valence-corrected chi connectivity index (χ4v) is 4.54. The van der Waals surface area contributed by atoms with Gasteiger partial charge in [0.05, 0.1) is 11.7 Å². The van der Waals surface area contributed by atoms with Gasteiger partial charge in [-0.15, -0.1) is 11.3 Å². The lowest BCUT2D eigenvalue weighted by Gasteiger charge is -2.06. The number of imidazole rings is 1. The third-order valence-electron chi connectivity index (χ3n) is 4.29. The Hall–Kier alpha value is -1.68. The van der Waals surface area contributed by atoms with Crippen LogP contribution in [0.25, 0.3) is 16.0 Å². The molecule has 0 fully saturated rings. The van der Waals surface area contributed by atoms with Crippen LogP contribution in [0.2, 0.25) is 0 Å². The van der Waals surface area contributed by atoms with E-state index in [-0.39, 0.29) is 0 Å². The van der Waals surface area contributed by atoms with Crippen LogP contribution in [0.15, 0.2) is 24.5 Å². The molecule has 0 bridgehead atoms. The maximum Gasteiger partial charge on any atom is 0.112 e. The van der Waals surface area contributed by atoms with Crippen LogP contribution in [0.5, 0.6) is 0 Å². The van der Waals surface area contributed by atoms with Crippen molar-refractivity contribution in [2.24, 2.45) is 5.92 Å². The second-order valence-electron chi connectivity index (χ2n) is 5.57. The average Bonchev–Trinajstić information content (AvgIpc) is 3.07. The number of rotatable bonds is 2. The molecule has 3 aromatic rings. The van der Waals surface area contributed by atoms with E-state index in [9.17, 15) is 0 Å². The molecular weight excluding hydrogens is 266 g/mol. The second-order valence-corrected chi connectivity index (χ2v) is 6.69. The standard InChI is InChI=1S/C16H17N3S/c1-3-11-6-12-8-16(20-15(12)7-11)19-10(2)18-13-9-17-5-4-14(13)19/h4-5,8-9,11H,3,6-7H2,1-2H3. The molecule has 1 aliphatic carbocycles. The largest absolute Gasteiger partial charge is 0.287 e. The Morgan fingerprint density at radius 3 is 3.10 bits per heavy atom. The predicted molar refractivity (Wildman–Crippen MR) is 82.7 cm³/mol. The van der Waals surface area contributed by atoms with Crippen molar-refractivity contribution >= 4 is 22.4 Å². The van der Waals surface area contributed by atoms with Crippen molar-refractivity contribution in [3.63, 3.8) is 0 Å². The van der Waals surface area contributed by atoms with E-state index in [1.54, 1.807) is 10.4 Å². The molecule has 0 saturated carbocycles. The van der Waals surface area contributed by atoms with Gasteiger partial charge >= 0.3 is 0 Å². The van der Waals surface area contributed by atoms with Gasteiger partial charge in [-0.3, -0.25) is 9.55 Å². The van der Waals surface area contributed by atoms with E-state index in [2.05, 4.69) is 40.5 Å². The summed E-state index contributed by atoms with van der Waals surface area (Å²) < 4.78 is 2.26. The second kappa shape index (κ2) is 4.42. The van der Waals surface area contributed by atoms with Gasteiger partial charge in [0, 0.05) is 11.1 Å². The quantitative estimate of drug-likeness (QED) is 0.714. The van der Waals surface area contributed by atoms with Gasteiger partial charge in [-0.2, -0.15) is 0 Å². The van der Waals surface area contributed by atoms with E-state index in [4.69, 9.17) is 0 Å². The summed E-state index contributed by atoms with van der Waals surface area (Å²) >= 11 is 1.93. The zero-order chi connectivity index (χ0) is 13.7. The minimum Gasteiger partial charge on any atom is -0.287 e. The number of aryl methyl sites for hydroxylation is 1. The van der Waals surface area contributed by atoms with Gasteiger partial charge in [-0.05, 0) is 43.4 Å². The first-order valence-corrected chi connectivity index (χ1v) is 7.99. The van der Waals surface area contributed by atoms with Crippen LogP contribution in [0.4, 0.5) is 0 Å². The zero-order valence-corrected chi connectivity index (χ0v) is 12.6. The van der Waals surface area contributed by atoms with Gasteiger partial charge in [0.15, 0.2) is 0 Å². The molecule has 3 nitrogen and oxygen atoms in total. The fourth-order valence-electron chi connectivity index (χ4n) is 3.17. The van der Waals surface area contributed by atoms with E-state index in [1.165, 1.54) is 24.3 Å². The van der Waals surface area contributed by atoms with Crippen LogP contribution in [-0.2, 0) is 12.8 Å². The van der Waals surface area contributed by atoms with E-state index < -0.39 is 0 Å².